The van der Waals surface area contributed by atoms with Gasteiger partial charge >= 0.3 is 23.9 Å². The fourth-order valence-electron chi connectivity index (χ4n) is 2.38. The van der Waals surface area contributed by atoms with Crippen LogP contribution in [0.5, 0.6) is 0 Å². The summed E-state index contributed by atoms with van der Waals surface area (Å²) < 4.78 is 9.14. The van der Waals surface area contributed by atoms with Gasteiger partial charge in [0.1, 0.15) is 0 Å². The number of rotatable bonds is 5. The average molecular weight is 358 g/mol. The Morgan fingerprint density at radius 3 is 1.54 bits per heavy atom. The van der Waals surface area contributed by atoms with E-state index in [1.807, 2.05) is 0 Å². The summed E-state index contributed by atoms with van der Waals surface area (Å²) in [6.07, 6.45) is 0. The van der Waals surface area contributed by atoms with Crippen LogP contribution >= 0.6 is 0 Å². The lowest BCUT2D eigenvalue weighted by atomic mass is 9.96. The molecule has 0 spiro atoms. The minimum Gasteiger partial charge on any atom is -0.478 e. The van der Waals surface area contributed by atoms with Crippen molar-refractivity contribution in [2.75, 3.05) is 14.2 Å². The highest BCUT2D eigenvalue weighted by Crippen LogP contribution is 2.26. The third kappa shape index (κ3) is 3.54. The topological polar surface area (TPSA) is 127 Å². The summed E-state index contributed by atoms with van der Waals surface area (Å²) in [7, 11) is 2.25. The number of carboxylic acids is 2. The zero-order valence-electron chi connectivity index (χ0n) is 13.8. The molecule has 134 valence electrons. The maximum atomic E-state index is 11.8. The number of hydrogen-bond acceptors (Lipinski definition) is 6. The van der Waals surface area contributed by atoms with E-state index in [9.17, 15) is 29.4 Å². The summed E-state index contributed by atoms with van der Waals surface area (Å²) in [6, 6.07) is 7.93. The van der Waals surface area contributed by atoms with Crippen LogP contribution in [-0.4, -0.2) is 48.3 Å². The molecule has 0 radical (unpaired) electrons. The molecule has 0 atom stereocenters. The van der Waals surface area contributed by atoms with Gasteiger partial charge in [0.25, 0.3) is 0 Å². The Hall–Kier alpha value is -3.68. The van der Waals surface area contributed by atoms with E-state index in [0.717, 1.165) is 14.2 Å². The Bertz CT molecular complexity index is 913. The number of carbonyl (C=O) groups excluding carboxylic acids is 2. The van der Waals surface area contributed by atoms with E-state index in [0.29, 0.717) is 11.1 Å². The molecule has 2 aromatic carbocycles. The highest BCUT2D eigenvalue weighted by atomic mass is 16.5. The number of aromatic carboxylic acids is 2. The molecule has 0 aliphatic heterocycles. The van der Waals surface area contributed by atoms with Gasteiger partial charge in [-0.1, -0.05) is 12.1 Å². The zero-order valence-corrected chi connectivity index (χ0v) is 13.8. The van der Waals surface area contributed by atoms with E-state index in [-0.39, 0.29) is 22.3 Å². The smallest absolute Gasteiger partial charge is 0.338 e. The van der Waals surface area contributed by atoms with Gasteiger partial charge in [0, 0.05) is 0 Å². The summed E-state index contributed by atoms with van der Waals surface area (Å²) in [5.41, 5.74) is -0.0708. The minimum atomic E-state index is -1.33. The van der Waals surface area contributed by atoms with Gasteiger partial charge in [0.2, 0.25) is 0 Å². The number of ether oxygens (including phenoxy) is 2. The molecule has 8 nitrogen and oxygen atoms in total. The molecule has 0 unspecified atom stereocenters. The first-order valence-corrected chi connectivity index (χ1v) is 7.21. The lowest BCUT2D eigenvalue weighted by Crippen LogP contribution is -2.11. The minimum absolute atomic E-state index is 0.126. The molecule has 0 aromatic heterocycles. The maximum Gasteiger partial charge on any atom is 0.338 e. The molecule has 0 heterocycles. The molecule has 2 rings (SSSR count). The highest BCUT2D eigenvalue weighted by Gasteiger charge is 2.21. The van der Waals surface area contributed by atoms with Crippen molar-refractivity contribution < 1.29 is 38.9 Å². The summed E-state index contributed by atoms with van der Waals surface area (Å²) in [6.45, 7) is 0. The van der Waals surface area contributed by atoms with Gasteiger partial charge in [-0.25, -0.2) is 19.2 Å². The number of carboxylic acid groups (broad SMARTS) is 2. The van der Waals surface area contributed by atoms with Gasteiger partial charge in [-0.2, -0.15) is 0 Å². The van der Waals surface area contributed by atoms with Gasteiger partial charge in [0.05, 0.1) is 36.5 Å². The number of benzene rings is 2. The predicted molar refractivity (Wildman–Crippen MR) is 88.5 cm³/mol. The molecule has 0 amide bonds. The van der Waals surface area contributed by atoms with Gasteiger partial charge in [-0.3, -0.25) is 0 Å². The average Bonchev–Trinajstić information content (AvgIpc) is 2.65. The second-order valence-corrected chi connectivity index (χ2v) is 5.11. The molecule has 26 heavy (non-hydrogen) atoms. The number of hydrogen-bond donors (Lipinski definition) is 2. The standard InChI is InChI=1S/C18H14O8/c1-25-17(23)12-6-4-9(7-13(12)16(21)22)10-3-5-11(15(19)20)14(8-10)18(24)26-2/h3-8H,1-2H3,(H,19,20)(H,21,22). The van der Waals surface area contributed by atoms with E-state index in [2.05, 4.69) is 9.47 Å². The van der Waals surface area contributed by atoms with Crippen LogP contribution < -0.4 is 0 Å². The second-order valence-electron chi connectivity index (χ2n) is 5.11. The van der Waals surface area contributed by atoms with E-state index in [4.69, 9.17) is 0 Å². The first-order chi connectivity index (χ1) is 12.3. The van der Waals surface area contributed by atoms with E-state index in [1.165, 1.54) is 36.4 Å². The molecular formula is C18H14O8. The Morgan fingerprint density at radius 1 is 0.654 bits per heavy atom. The Labute approximate surface area is 147 Å². The van der Waals surface area contributed by atoms with Crippen LogP contribution in [0.1, 0.15) is 41.4 Å². The van der Waals surface area contributed by atoms with E-state index >= 15 is 0 Å². The van der Waals surface area contributed by atoms with Crippen LogP contribution in [0.2, 0.25) is 0 Å². The van der Waals surface area contributed by atoms with Crippen molar-refractivity contribution in [2.45, 2.75) is 0 Å². The molecule has 2 N–H and O–H groups in total. The molecule has 0 saturated heterocycles. The van der Waals surface area contributed by atoms with E-state index < -0.39 is 23.9 Å². The van der Waals surface area contributed by atoms with Gasteiger partial charge < -0.3 is 19.7 Å². The molecule has 0 aliphatic carbocycles. The van der Waals surface area contributed by atoms with Gasteiger partial charge in [-0.05, 0) is 35.4 Å². The first-order valence-electron chi connectivity index (χ1n) is 7.21. The fraction of sp³-hybridized carbons (Fsp3) is 0.111. The van der Waals surface area contributed by atoms with Crippen LogP contribution in [0.3, 0.4) is 0 Å². The molecule has 8 heteroatoms. The first kappa shape index (κ1) is 18.7. The van der Waals surface area contributed by atoms with E-state index in [1.54, 1.807) is 0 Å². The van der Waals surface area contributed by atoms with Crippen LogP contribution in [0.25, 0.3) is 11.1 Å². The SMILES string of the molecule is COC(=O)c1ccc(-c2ccc(C(=O)O)c(C(=O)OC)c2)cc1C(=O)O. The summed E-state index contributed by atoms with van der Waals surface area (Å²) >= 11 is 0. The third-order valence-electron chi connectivity index (χ3n) is 3.64. The summed E-state index contributed by atoms with van der Waals surface area (Å²) in [5.74, 6) is -4.27. The van der Waals surface area contributed by atoms with Gasteiger partial charge in [-0.15, -0.1) is 0 Å². The Morgan fingerprint density at radius 2 is 1.08 bits per heavy atom. The van der Waals surface area contributed by atoms with Crippen molar-refractivity contribution >= 4 is 23.9 Å². The highest BCUT2D eigenvalue weighted by molar-refractivity contribution is 6.05. The monoisotopic (exact) mass is 358 g/mol. The van der Waals surface area contributed by atoms with Crippen LogP contribution in [0.15, 0.2) is 36.4 Å². The van der Waals surface area contributed by atoms with Crippen molar-refractivity contribution in [1.29, 1.82) is 0 Å². The summed E-state index contributed by atoms with van der Waals surface area (Å²) in [5, 5.41) is 18.5. The quantitative estimate of drug-likeness (QED) is 0.780. The van der Waals surface area contributed by atoms with Crippen LogP contribution in [0.4, 0.5) is 0 Å². The number of carbonyl (C=O) groups is 4. The molecular weight excluding hydrogens is 344 g/mol. The molecule has 0 aliphatic rings. The van der Waals surface area contributed by atoms with Crippen molar-refractivity contribution in [3.63, 3.8) is 0 Å². The molecule has 0 fully saturated rings. The predicted octanol–water partition coefficient (Wildman–Crippen LogP) is 2.32. The largest absolute Gasteiger partial charge is 0.478 e. The summed E-state index contributed by atoms with van der Waals surface area (Å²) in [4.78, 5) is 46.2. The lowest BCUT2D eigenvalue weighted by molar-refractivity contribution is 0.0580. The molecule has 0 saturated carbocycles. The maximum absolute atomic E-state index is 11.8. The fourth-order valence-corrected chi connectivity index (χ4v) is 2.38. The normalized spacial score (nSPS) is 10.1. The van der Waals surface area contributed by atoms with Crippen molar-refractivity contribution in [2.24, 2.45) is 0 Å². The second kappa shape index (κ2) is 7.47. The van der Waals surface area contributed by atoms with Gasteiger partial charge in [0.15, 0.2) is 0 Å². The Balaban J connectivity index is 2.63. The Kier molecular flexibility index (Phi) is 5.36. The molecule has 0 bridgehead atoms. The number of esters is 2. The number of methoxy groups -OCH3 is 2. The van der Waals surface area contributed by atoms with Crippen molar-refractivity contribution in [1.82, 2.24) is 0 Å². The zero-order chi connectivity index (χ0) is 19.4. The van der Waals surface area contributed by atoms with Crippen molar-refractivity contribution in [3.8, 4) is 11.1 Å². The molecule has 2 aromatic rings. The van der Waals surface area contributed by atoms with Crippen molar-refractivity contribution in [3.05, 3.63) is 58.7 Å². The van der Waals surface area contributed by atoms with Crippen LogP contribution in [-0.2, 0) is 9.47 Å². The lowest BCUT2D eigenvalue weighted by Gasteiger charge is -2.10. The third-order valence-corrected chi connectivity index (χ3v) is 3.64. The van der Waals surface area contributed by atoms with Crippen LogP contribution in [0, 0.1) is 0 Å².